The maximum atomic E-state index is 10.6. The zero-order valence-electron chi connectivity index (χ0n) is 9.60. The minimum Gasteiger partial charge on any atom is -0.397 e. The van der Waals surface area contributed by atoms with Gasteiger partial charge in [0.05, 0.1) is 28.4 Å². The molecule has 1 unspecified atom stereocenters. The van der Waals surface area contributed by atoms with Crippen LogP contribution in [0.15, 0.2) is 18.2 Å². The van der Waals surface area contributed by atoms with E-state index in [1.165, 1.54) is 12.1 Å². The summed E-state index contributed by atoms with van der Waals surface area (Å²) in [5, 5.41) is 13.9. The van der Waals surface area contributed by atoms with E-state index in [-0.39, 0.29) is 11.2 Å². The lowest BCUT2D eigenvalue weighted by Gasteiger charge is -2.25. The van der Waals surface area contributed by atoms with Crippen molar-refractivity contribution >= 4 is 17.1 Å². The number of nitro benzene ring substituents is 1. The summed E-state index contributed by atoms with van der Waals surface area (Å²) in [6, 6.07) is 4.44. The van der Waals surface area contributed by atoms with E-state index >= 15 is 0 Å². The predicted molar refractivity (Wildman–Crippen MR) is 65.0 cm³/mol. The number of ether oxygens (including phenoxy) is 1. The summed E-state index contributed by atoms with van der Waals surface area (Å²) >= 11 is 0. The number of nitrogens with two attached hydrogens (primary N) is 1. The van der Waals surface area contributed by atoms with Crippen molar-refractivity contribution in [3.8, 4) is 0 Å². The predicted octanol–water partition coefficient (Wildman–Crippen LogP) is 1.77. The van der Waals surface area contributed by atoms with E-state index in [0.717, 1.165) is 13.0 Å². The van der Waals surface area contributed by atoms with E-state index in [9.17, 15) is 10.1 Å². The Morgan fingerprint density at radius 3 is 2.88 bits per heavy atom. The standard InChI is InChI=1S/C11H15N3O3/c1-11(4-5-17-7-11)13-10-3-2-8(14(15)16)6-9(10)12/h2-3,6,13H,4-5,7,12H2,1H3. The summed E-state index contributed by atoms with van der Waals surface area (Å²) in [6.45, 7) is 3.38. The van der Waals surface area contributed by atoms with Gasteiger partial charge in [0.25, 0.3) is 5.69 Å². The third-order valence-corrected chi connectivity index (χ3v) is 2.90. The number of benzene rings is 1. The fourth-order valence-electron chi connectivity index (χ4n) is 1.87. The van der Waals surface area contributed by atoms with Gasteiger partial charge in [0.15, 0.2) is 0 Å². The normalized spacial score (nSPS) is 23.6. The third-order valence-electron chi connectivity index (χ3n) is 2.90. The number of nitrogen functional groups attached to an aromatic ring is 1. The van der Waals surface area contributed by atoms with E-state index in [1.807, 2.05) is 6.92 Å². The van der Waals surface area contributed by atoms with Crippen LogP contribution in [0.1, 0.15) is 13.3 Å². The second kappa shape index (κ2) is 4.21. The maximum Gasteiger partial charge on any atom is 0.271 e. The van der Waals surface area contributed by atoms with Crippen molar-refractivity contribution in [3.63, 3.8) is 0 Å². The first kappa shape index (κ1) is 11.7. The Bertz CT molecular complexity index is 442. The van der Waals surface area contributed by atoms with E-state index in [4.69, 9.17) is 10.5 Å². The van der Waals surface area contributed by atoms with Crippen LogP contribution in [0.25, 0.3) is 0 Å². The molecule has 1 aromatic rings. The highest BCUT2D eigenvalue weighted by Gasteiger charge is 2.30. The Morgan fingerprint density at radius 1 is 1.59 bits per heavy atom. The van der Waals surface area contributed by atoms with Gasteiger partial charge in [-0.2, -0.15) is 0 Å². The summed E-state index contributed by atoms with van der Waals surface area (Å²) in [7, 11) is 0. The Balaban J connectivity index is 2.19. The van der Waals surface area contributed by atoms with Crippen LogP contribution in [0.5, 0.6) is 0 Å². The van der Waals surface area contributed by atoms with Gasteiger partial charge in [0.2, 0.25) is 0 Å². The minimum absolute atomic E-state index is 0.000810. The average molecular weight is 237 g/mol. The van der Waals surface area contributed by atoms with Gasteiger partial charge in [0.1, 0.15) is 0 Å². The number of rotatable bonds is 3. The lowest BCUT2D eigenvalue weighted by atomic mass is 10.0. The Hall–Kier alpha value is -1.82. The smallest absolute Gasteiger partial charge is 0.271 e. The lowest BCUT2D eigenvalue weighted by molar-refractivity contribution is -0.384. The largest absolute Gasteiger partial charge is 0.397 e. The van der Waals surface area contributed by atoms with Gasteiger partial charge in [-0.3, -0.25) is 10.1 Å². The van der Waals surface area contributed by atoms with Crippen molar-refractivity contribution in [1.29, 1.82) is 0 Å². The molecule has 17 heavy (non-hydrogen) atoms. The summed E-state index contributed by atoms with van der Waals surface area (Å²) in [5.74, 6) is 0. The third kappa shape index (κ3) is 2.47. The van der Waals surface area contributed by atoms with Crippen LogP contribution in [0.2, 0.25) is 0 Å². The molecule has 0 amide bonds. The number of hydrogen-bond donors (Lipinski definition) is 2. The van der Waals surface area contributed by atoms with Gasteiger partial charge in [0, 0.05) is 18.7 Å². The Labute approximate surface area is 98.9 Å². The fraction of sp³-hybridized carbons (Fsp3) is 0.455. The molecule has 1 aromatic carbocycles. The highest BCUT2D eigenvalue weighted by atomic mass is 16.6. The number of anilines is 2. The molecule has 2 rings (SSSR count). The van der Waals surface area contributed by atoms with Crippen LogP contribution in [0, 0.1) is 10.1 Å². The number of nitrogens with one attached hydrogen (secondary N) is 1. The summed E-state index contributed by atoms with van der Waals surface area (Å²) in [4.78, 5) is 10.1. The molecule has 6 nitrogen and oxygen atoms in total. The van der Waals surface area contributed by atoms with Crippen LogP contribution in [0.4, 0.5) is 17.1 Å². The van der Waals surface area contributed by atoms with Crippen LogP contribution in [0.3, 0.4) is 0 Å². The van der Waals surface area contributed by atoms with E-state index in [2.05, 4.69) is 5.32 Å². The molecule has 3 N–H and O–H groups in total. The summed E-state index contributed by atoms with van der Waals surface area (Å²) in [6.07, 6.45) is 0.892. The quantitative estimate of drug-likeness (QED) is 0.475. The van der Waals surface area contributed by atoms with E-state index < -0.39 is 4.92 Å². The molecule has 0 spiro atoms. The number of nitro groups is 1. The van der Waals surface area contributed by atoms with Crippen LogP contribution >= 0.6 is 0 Å². The molecule has 0 radical (unpaired) electrons. The van der Waals surface area contributed by atoms with E-state index in [0.29, 0.717) is 18.0 Å². The molecule has 1 aliphatic rings. The highest BCUT2D eigenvalue weighted by molar-refractivity contribution is 5.70. The SMILES string of the molecule is CC1(Nc2ccc([N+](=O)[O-])cc2N)CCOC1. The zero-order valence-corrected chi connectivity index (χ0v) is 9.60. The second-order valence-electron chi connectivity index (χ2n) is 4.52. The highest BCUT2D eigenvalue weighted by Crippen LogP contribution is 2.29. The van der Waals surface area contributed by atoms with Crippen molar-refractivity contribution in [2.45, 2.75) is 18.9 Å². The molecule has 1 heterocycles. The molecular weight excluding hydrogens is 222 g/mol. The molecule has 0 aliphatic carbocycles. The topological polar surface area (TPSA) is 90.4 Å². The van der Waals surface area contributed by atoms with Gasteiger partial charge in [-0.05, 0) is 19.4 Å². The Kier molecular flexibility index (Phi) is 2.89. The molecule has 6 heteroatoms. The summed E-state index contributed by atoms with van der Waals surface area (Å²) in [5.41, 5.74) is 6.73. The zero-order chi connectivity index (χ0) is 12.5. The molecule has 0 saturated carbocycles. The molecule has 0 aromatic heterocycles. The molecule has 1 saturated heterocycles. The van der Waals surface area contributed by atoms with Gasteiger partial charge in [-0.15, -0.1) is 0 Å². The van der Waals surface area contributed by atoms with Crippen molar-refractivity contribution in [2.75, 3.05) is 24.3 Å². The molecule has 1 aliphatic heterocycles. The lowest BCUT2D eigenvalue weighted by Crippen LogP contribution is -2.35. The fourth-order valence-corrected chi connectivity index (χ4v) is 1.87. The van der Waals surface area contributed by atoms with Crippen molar-refractivity contribution in [3.05, 3.63) is 28.3 Å². The Morgan fingerprint density at radius 2 is 2.35 bits per heavy atom. The number of hydrogen-bond acceptors (Lipinski definition) is 5. The van der Waals surface area contributed by atoms with Gasteiger partial charge in [-0.25, -0.2) is 0 Å². The van der Waals surface area contributed by atoms with Crippen LogP contribution in [-0.4, -0.2) is 23.7 Å². The minimum atomic E-state index is -0.458. The van der Waals surface area contributed by atoms with Crippen molar-refractivity contribution in [1.82, 2.24) is 0 Å². The maximum absolute atomic E-state index is 10.6. The van der Waals surface area contributed by atoms with Crippen LogP contribution < -0.4 is 11.1 Å². The average Bonchev–Trinajstić information content (AvgIpc) is 2.68. The monoisotopic (exact) mass is 237 g/mol. The number of non-ortho nitro benzene ring substituents is 1. The molecule has 1 atom stereocenters. The van der Waals surface area contributed by atoms with Gasteiger partial charge >= 0.3 is 0 Å². The van der Waals surface area contributed by atoms with Crippen molar-refractivity contribution in [2.24, 2.45) is 0 Å². The number of nitrogens with zero attached hydrogens (tertiary/aromatic N) is 1. The first-order valence-electron chi connectivity index (χ1n) is 5.40. The van der Waals surface area contributed by atoms with Crippen molar-refractivity contribution < 1.29 is 9.66 Å². The first-order chi connectivity index (χ1) is 8.00. The molecular formula is C11H15N3O3. The molecule has 1 fully saturated rings. The molecule has 92 valence electrons. The van der Waals surface area contributed by atoms with E-state index in [1.54, 1.807) is 6.07 Å². The van der Waals surface area contributed by atoms with Gasteiger partial charge in [-0.1, -0.05) is 0 Å². The molecule has 0 bridgehead atoms. The van der Waals surface area contributed by atoms with Gasteiger partial charge < -0.3 is 15.8 Å². The van der Waals surface area contributed by atoms with Crippen LogP contribution in [-0.2, 0) is 4.74 Å². The summed E-state index contributed by atoms with van der Waals surface area (Å²) < 4.78 is 5.32. The first-order valence-corrected chi connectivity index (χ1v) is 5.40. The second-order valence-corrected chi connectivity index (χ2v) is 4.52.